The molecule has 21 heavy (non-hydrogen) atoms. The highest BCUT2D eigenvalue weighted by Crippen LogP contribution is 2.32. The normalized spacial score (nSPS) is 10.3. The Labute approximate surface area is 130 Å². The molecule has 6 heteroatoms. The summed E-state index contributed by atoms with van der Waals surface area (Å²) in [6.07, 6.45) is -0.202. The topological polar surface area (TPSA) is 74.6 Å². The molecule has 0 atom stereocenters. The third kappa shape index (κ3) is 4.24. The maximum absolute atomic E-state index is 11.3. The van der Waals surface area contributed by atoms with E-state index >= 15 is 0 Å². The zero-order valence-electron chi connectivity index (χ0n) is 10.7. The first-order chi connectivity index (χ1) is 9.95. The number of aliphatic carboxylic acids is 1. The van der Waals surface area contributed by atoms with Gasteiger partial charge in [0.2, 0.25) is 0 Å². The minimum atomic E-state index is -1.08. The second-order valence-corrected chi connectivity index (χ2v) is 5.81. The minimum Gasteiger partial charge on any atom is -0.481 e. The van der Waals surface area contributed by atoms with E-state index in [0.29, 0.717) is 15.5 Å². The van der Waals surface area contributed by atoms with Gasteiger partial charge in [-0.05, 0) is 42.0 Å². The smallest absolute Gasteiger partial charge is 0.336 e. The van der Waals surface area contributed by atoms with E-state index in [1.807, 2.05) is 0 Å². The summed E-state index contributed by atoms with van der Waals surface area (Å²) in [7, 11) is 0. The second-order valence-electron chi connectivity index (χ2n) is 4.26. The monoisotopic (exact) mass is 322 g/mol. The van der Waals surface area contributed by atoms with Gasteiger partial charge < -0.3 is 10.2 Å². The summed E-state index contributed by atoms with van der Waals surface area (Å²) < 4.78 is 0. The Morgan fingerprint density at radius 2 is 1.71 bits per heavy atom. The van der Waals surface area contributed by atoms with Gasteiger partial charge >= 0.3 is 11.9 Å². The Morgan fingerprint density at radius 3 is 2.29 bits per heavy atom. The van der Waals surface area contributed by atoms with Crippen LogP contribution in [0.3, 0.4) is 0 Å². The summed E-state index contributed by atoms with van der Waals surface area (Å²) >= 11 is 7.10. The molecule has 0 aromatic heterocycles. The lowest BCUT2D eigenvalue weighted by Gasteiger charge is -2.08. The van der Waals surface area contributed by atoms with Crippen molar-refractivity contribution in [1.29, 1.82) is 0 Å². The molecule has 0 heterocycles. The van der Waals surface area contributed by atoms with Gasteiger partial charge in [-0.15, -0.1) is 0 Å². The Bertz CT molecular complexity index is 683. The van der Waals surface area contributed by atoms with Crippen LogP contribution in [0.25, 0.3) is 0 Å². The standard InChI is InChI=1S/C15H11ClO4S/c16-10-2-4-11(5-3-10)21-13-6-1-9(8-14(17)18)7-12(13)15(19)20/h1-7H,8H2,(H,17,18)(H,19,20). The van der Waals surface area contributed by atoms with Crippen LogP contribution in [0.1, 0.15) is 15.9 Å². The highest BCUT2D eigenvalue weighted by Gasteiger charge is 2.13. The van der Waals surface area contributed by atoms with Crippen LogP contribution >= 0.6 is 23.4 Å². The van der Waals surface area contributed by atoms with Crippen LogP contribution < -0.4 is 0 Å². The summed E-state index contributed by atoms with van der Waals surface area (Å²) in [5, 5.41) is 18.6. The minimum absolute atomic E-state index is 0.0914. The largest absolute Gasteiger partial charge is 0.481 e. The first-order valence-corrected chi connectivity index (χ1v) is 7.16. The molecule has 0 aliphatic heterocycles. The van der Waals surface area contributed by atoms with Gasteiger partial charge in [-0.3, -0.25) is 4.79 Å². The summed E-state index contributed by atoms with van der Waals surface area (Å²) in [4.78, 5) is 23.4. The average Bonchev–Trinajstić information content (AvgIpc) is 2.42. The maximum atomic E-state index is 11.3. The van der Waals surface area contributed by atoms with Crippen LogP contribution in [0.4, 0.5) is 0 Å². The molecule has 2 aromatic carbocycles. The van der Waals surface area contributed by atoms with Crippen LogP contribution in [-0.2, 0) is 11.2 Å². The van der Waals surface area contributed by atoms with Crippen LogP contribution in [0.2, 0.25) is 5.02 Å². The molecule has 0 bridgehead atoms. The van der Waals surface area contributed by atoms with Crippen molar-refractivity contribution in [2.45, 2.75) is 16.2 Å². The molecule has 0 fully saturated rings. The predicted molar refractivity (Wildman–Crippen MR) is 80.3 cm³/mol. The Balaban J connectivity index is 2.32. The molecule has 2 rings (SSSR count). The van der Waals surface area contributed by atoms with Crippen LogP contribution in [0.5, 0.6) is 0 Å². The summed E-state index contributed by atoms with van der Waals surface area (Å²) in [5.74, 6) is -2.08. The Morgan fingerprint density at radius 1 is 1.05 bits per heavy atom. The van der Waals surface area contributed by atoms with Crippen molar-refractivity contribution in [3.05, 3.63) is 58.6 Å². The van der Waals surface area contributed by atoms with E-state index < -0.39 is 11.9 Å². The van der Waals surface area contributed by atoms with Crippen molar-refractivity contribution in [3.63, 3.8) is 0 Å². The fourth-order valence-corrected chi connectivity index (χ4v) is 2.79. The van der Waals surface area contributed by atoms with Crippen molar-refractivity contribution < 1.29 is 19.8 Å². The van der Waals surface area contributed by atoms with Crippen LogP contribution in [0.15, 0.2) is 52.3 Å². The summed E-state index contributed by atoms with van der Waals surface area (Å²) in [5.41, 5.74) is 0.550. The Kier molecular flexibility index (Phi) is 4.88. The number of hydrogen-bond donors (Lipinski definition) is 2. The molecule has 0 saturated carbocycles. The maximum Gasteiger partial charge on any atom is 0.336 e. The molecule has 0 unspecified atom stereocenters. The zero-order chi connectivity index (χ0) is 15.4. The molecule has 0 saturated heterocycles. The van der Waals surface area contributed by atoms with Gasteiger partial charge in [0.05, 0.1) is 12.0 Å². The quantitative estimate of drug-likeness (QED) is 0.875. The number of hydrogen-bond acceptors (Lipinski definition) is 3. The van der Waals surface area contributed by atoms with Crippen molar-refractivity contribution >= 4 is 35.3 Å². The van der Waals surface area contributed by atoms with Gasteiger partial charge in [-0.1, -0.05) is 29.4 Å². The number of carboxylic acid groups (broad SMARTS) is 2. The first kappa shape index (κ1) is 15.4. The van der Waals surface area contributed by atoms with Gasteiger partial charge in [0, 0.05) is 14.8 Å². The molecule has 2 aromatic rings. The van der Waals surface area contributed by atoms with Gasteiger partial charge in [-0.25, -0.2) is 4.79 Å². The molecule has 0 aliphatic carbocycles. The van der Waals surface area contributed by atoms with E-state index in [-0.39, 0.29) is 12.0 Å². The molecular weight excluding hydrogens is 312 g/mol. The lowest BCUT2D eigenvalue weighted by molar-refractivity contribution is -0.136. The second kappa shape index (κ2) is 6.65. The van der Waals surface area contributed by atoms with E-state index in [2.05, 4.69) is 0 Å². The lowest BCUT2D eigenvalue weighted by atomic mass is 10.1. The van der Waals surface area contributed by atoms with E-state index in [0.717, 1.165) is 4.90 Å². The van der Waals surface area contributed by atoms with Crippen molar-refractivity contribution in [3.8, 4) is 0 Å². The molecule has 0 amide bonds. The summed E-state index contributed by atoms with van der Waals surface area (Å²) in [6, 6.07) is 11.7. The third-order valence-electron chi connectivity index (χ3n) is 2.67. The SMILES string of the molecule is O=C(O)Cc1ccc(Sc2ccc(Cl)cc2)c(C(=O)O)c1. The Hall–Kier alpha value is -1.98. The zero-order valence-corrected chi connectivity index (χ0v) is 12.3. The molecular formula is C15H11ClO4S. The molecule has 108 valence electrons. The van der Waals surface area contributed by atoms with Gasteiger partial charge in [0.1, 0.15) is 0 Å². The van der Waals surface area contributed by atoms with E-state index in [4.69, 9.17) is 16.7 Å². The van der Waals surface area contributed by atoms with Gasteiger partial charge in [-0.2, -0.15) is 0 Å². The van der Waals surface area contributed by atoms with E-state index in [1.54, 1.807) is 36.4 Å². The highest BCUT2D eigenvalue weighted by atomic mass is 35.5. The third-order valence-corrected chi connectivity index (χ3v) is 4.01. The van der Waals surface area contributed by atoms with Crippen molar-refractivity contribution in [1.82, 2.24) is 0 Å². The van der Waals surface area contributed by atoms with E-state index in [1.165, 1.54) is 17.8 Å². The summed E-state index contributed by atoms with van der Waals surface area (Å²) in [6.45, 7) is 0. The van der Waals surface area contributed by atoms with Crippen LogP contribution in [0, 0.1) is 0 Å². The average molecular weight is 323 g/mol. The highest BCUT2D eigenvalue weighted by molar-refractivity contribution is 7.99. The number of carboxylic acids is 2. The first-order valence-electron chi connectivity index (χ1n) is 5.97. The van der Waals surface area contributed by atoms with E-state index in [9.17, 15) is 14.7 Å². The molecule has 0 radical (unpaired) electrons. The van der Waals surface area contributed by atoms with Crippen molar-refractivity contribution in [2.75, 3.05) is 0 Å². The number of aromatic carboxylic acids is 1. The van der Waals surface area contributed by atoms with Crippen molar-refractivity contribution in [2.24, 2.45) is 0 Å². The molecule has 0 aliphatic rings. The number of rotatable bonds is 5. The number of carbonyl (C=O) groups is 2. The molecule has 0 spiro atoms. The van der Waals surface area contributed by atoms with Gasteiger partial charge in [0.25, 0.3) is 0 Å². The molecule has 4 nitrogen and oxygen atoms in total. The lowest BCUT2D eigenvalue weighted by Crippen LogP contribution is -2.04. The molecule has 2 N–H and O–H groups in total. The van der Waals surface area contributed by atoms with Crippen LogP contribution in [-0.4, -0.2) is 22.2 Å². The predicted octanol–water partition coefficient (Wildman–Crippen LogP) is 3.82. The number of halogens is 1. The number of benzene rings is 2. The van der Waals surface area contributed by atoms with Gasteiger partial charge in [0.15, 0.2) is 0 Å². The fourth-order valence-electron chi connectivity index (χ4n) is 1.75. The fraction of sp³-hybridized carbons (Fsp3) is 0.0667.